The highest BCUT2D eigenvalue weighted by atomic mass is 32.3. The molecule has 0 unspecified atom stereocenters. The van der Waals surface area contributed by atoms with Gasteiger partial charge in [-0.15, -0.1) is 0 Å². The lowest BCUT2D eigenvalue weighted by Gasteiger charge is -2.26. The molecule has 0 aliphatic rings. The van der Waals surface area contributed by atoms with E-state index in [2.05, 4.69) is 9.47 Å². The molecule has 0 atom stereocenters. The Labute approximate surface area is 77.2 Å². The molecule has 0 aliphatic carbocycles. The minimum absolute atomic E-state index is 0.522. The van der Waals surface area contributed by atoms with E-state index in [0.717, 1.165) is 14.2 Å². The van der Waals surface area contributed by atoms with Gasteiger partial charge in [0.05, 0.1) is 14.2 Å². The van der Waals surface area contributed by atoms with Crippen molar-refractivity contribution in [3.8, 4) is 0 Å². The number of carbonyl (C=O) groups is 2. The summed E-state index contributed by atoms with van der Waals surface area (Å²) in [6.45, 7) is 0. The second kappa shape index (κ2) is 4.13. The second-order valence-electron chi connectivity index (χ2n) is 2.19. The van der Waals surface area contributed by atoms with Crippen molar-refractivity contribution in [3.63, 3.8) is 0 Å². The summed E-state index contributed by atoms with van der Waals surface area (Å²) in [4.78, 5) is 22.3. The lowest BCUT2D eigenvalue weighted by atomic mass is 11.4. The third-order valence-corrected chi connectivity index (χ3v) is 3.99. The molecule has 0 aromatic rings. The van der Waals surface area contributed by atoms with E-state index in [1.165, 1.54) is 6.26 Å². The van der Waals surface area contributed by atoms with Gasteiger partial charge in [0, 0.05) is 10.0 Å². The van der Waals surface area contributed by atoms with E-state index in [1.54, 1.807) is 0 Å². The maximum atomic E-state index is 11.2. The summed E-state index contributed by atoms with van der Waals surface area (Å²) >= 11 is 0. The SMILES string of the molecule is COC(=O)S(C)(C(=N)N)C(=O)OC. The lowest BCUT2D eigenvalue weighted by molar-refractivity contribution is 0.193. The number of hydrogen-bond donors (Lipinski definition) is 2. The molecule has 0 aliphatic heterocycles. The van der Waals surface area contributed by atoms with Gasteiger partial charge in [0.15, 0.2) is 5.17 Å². The zero-order chi connectivity index (χ0) is 10.6. The first-order valence-electron chi connectivity index (χ1n) is 3.19. The summed E-state index contributed by atoms with van der Waals surface area (Å²) in [7, 11) is -0.525. The fourth-order valence-electron chi connectivity index (χ4n) is 0.581. The van der Waals surface area contributed by atoms with Crippen LogP contribution >= 0.6 is 10.0 Å². The van der Waals surface area contributed by atoms with Crippen LogP contribution < -0.4 is 5.73 Å². The number of methoxy groups -OCH3 is 2. The zero-order valence-corrected chi connectivity index (χ0v) is 8.44. The van der Waals surface area contributed by atoms with Crippen LogP contribution in [-0.2, 0) is 9.47 Å². The standard InChI is InChI=1S/C6H12N2O4S/c1-11-5(9)13(3,4(7)8)6(10)12-2/h1-3H3,(H3,7,8). The lowest BCUT2D eigenvalue weighted by Crippen LogP contribution is -2.31. The van der Waals surface area contributed by atoms with E-state index >= 15 is 0 Å². The van der Waals surface area contributed by atoms with Crippen molar-refractivity contribution >= 4 is 25.8 Å². The Morgan fingerprint density at radius 2 is 1.54 bits per heavy atom. The molecule has 0 saturated carbocycles. The average Bonchev–Trinajstić information content (AvgIpc) is 2.13. The molecule has 0 amide bonds. The van der Waals surface area contributed by atoms with Gasteiger partial charge in [-0.3, -0.25) is 5.41 Å². The number of nitrogens with one attached hydrogen (secondary N) is 1. The van der Waals surface area contributed by atoms with Crippen LogP contribution in [0.25, 0.3) is 0 Å². The third kappa shape index (κ3) is 1.92. The first kappa shape index (κ1) is 11.8. The summed E-state index contributed by atoms with van der Waals surface area (Å²) in [5, 5.41) is 4.95. The largest absolute Gasteiger partial charge is 0.461 e. The molecule has 0 saturated heterocycles. The van der Waals surface area contributed by atoms with Gasteiger partial charge in [-0.05, 0) is 6.26 Å². The van der Waals surface area contributed by atoms with Crippen LogP contribution in [-0.4, -0.2) is 36.2 Å². The highest BCUT2D eigenvalue weighted by Crippen LogP contribution is 2.46. The van der Waals surface area contributed by atoms with Crippen molar-refractivity contribution in [2.45, 2.75) is 0 Å². The van der Waals surface area contributed by atoms with Crippen molar-refractivity contribution in [1.29, 1.82) is 5.41 Å². The van der Waals surface area contributed by atoms with Crippen LogP contribution in [0.4, 0.5) is 9.59 Å². The number of hydrogen-bond acceptors (Lipinski definition) is 5. The smallest absolute Gasteiger partial charge is 0.365 e. The Morgan fingerprint density at radius 3 is 1.69 bits per heavy atom. The number of amidine groups is 1. The number of rotatable bonds is 0. The maximum absolute atomic E-state index is 11.2. The van der Waals surface area contributed by atoms with E-state index in [-0.39, 0.29) is 0 Å². The van der Waals surface area contributed by atoms with Gasteiger partial charge in [0.25, 0.3) is 0 Å². The average molecular weight is 208 g/mol. The fraction of sp³-hybridized carbons (Fsp3) is 0.500. The summed E-state index contributed by atoms with van der Waals surface area (Å²) in [6, 6.07) is 0. The Bertz CT molecular complexity index is 237. The number of carbonyl (C=O) groups excluding carboxylic acids is 2. The van der Waals surface area contributed by atoms with Gasteiger partial charge in [0.1, 0.15) is 0 Å². The second-order valence-corrected chi connectivity index (χ2v) is 5.13. The molecule has 7 heteroatoms. The minimum Gasteiger partial charge on any atom is -0.461 e. The monoisotopic (exact) mass is 208 g/mol. The predicted octanol–water partition coefficient (Wildman–Crippen LogP) is 0.847. The Kier molecular flexibility index (Phi) is 3.73. The summed E-state index contributed by atoms with van der Waals surface area (Å²) in [5.41, 5.74) is 5.14. The van der Waals surface area contributed by atoms with Gasteiger partial charge in [-0.1, -0.05) is 0 Å². The van der Waals surface area contributed by atoms with E-state index in [1.807, 2.05) is 0 Å². The molecule has 0 aromatic heterocycles. The molecule has 0 radical (unpaired) electrons. The molecule has 6 nitrogen and oxygen atoms in total. The zero-order valence-electron chi connectivity index (χ0n) is 7.62. The van der Waals surface area contributed by atoms with Gasteiger partial charge < -0.3 is 15.2 Å². The summed E-state index contributed by atoms with van der Waals surface area (Å²) in [6.07, 6.45) is 1.26. The molecule has 0 aromatic carbocycles. The van der Waals surface area contributed by atoms with Crippen molar-refractivity contribution in [1.82, 2.24) is 0 Å². The van der Waals surface area contributed by atoms with Crippen molar-refractivity contribution < 1.29 is 19.1 Å². The molecule has 76 valence electrons. The molecule has 13 heavy (non-hydrogen) atoms. The molecule has 3 N–H and O–H groups in total. The topological polar surface area (TPSA) is 102 Å². The molecule has 0 bridgehead atoms. The Hall–Kier alpha value is -1.24. The van der Waals surface area contributed by atoms with E-state index in [0.29, 0.717) is 0 Å². The van der Waals surface area contributed by atoms with Crippen molar-refractivity contribution in [3.05, 3.63) is 0 Å². The van der Waals surface area contributed by atoms with Gasteiger partial charge in [-0.2, -0.15) is 0 Å². The normalized spacial score (nSPS) is 11.6. The molecule has 0 rings (SSSR count). The highest BCUT2D eigenvalue weighted by Gasteiger charge is 2.41. The van der Waals surface area contributed by atoms with Crippen molar-refractivity contribution in [2.75, 3.05) is 20.5 Å². The molecule has 0 spiro atoms. The predicted molar refractivity (Wildman–Crippen MR) is 50.2 cm³/mol. The van der Waals surface area contributed by atoms with Crippen LogP contribution in [0.2, 0.25) is 0 Å². The Morgan fingerprint density at radius 1 is 1.23 bits per heavy atom. The molecular formula is C6H12N2O4S. The number of ether oxygens (including phenoxy) is 2. The van der Waals surface area contributed by atoms with Crippen LogP contribution in [0.5, 0.6) is 0 Å². The summed E-state index contributed by atoms with van der Waals surface area (Å²) in [5.74, 6) is 0. The van der Waals surface area contributed by atoms with Crippen LogP contribution in [0, 0.1) is 5.41 Å². The van der Waals surface area contributed by atoms with Gasteiger partial charge >= 0.3 is 10.6 Å². The van der Waals surface area contributed by atoms with Gasteiger partial charge in [-0.25, -0.2) is 9.59 Å². The maximum Gasteiger partial charge on any atom is 0.365 e. The van der Waals surface area contributed by atoms with E-state index in [4.69, 9.17) is 11.1 Å². The van der Waals surface area contributed by atoms with E-state index in [9.17, 15) is 9.59 Å². The van der Waals surface area contributed by atoms with Crippen LogP contribution in [0.3, 0.4) is 0 Å². The molecule has 0 heterocycles. The van der Waals surface area contributed by atoms with E-state index < -0.39 is 25.8 Å². The quantitative estimate of drug-likeness (QED) is 0.349. The van der Waals surface area contributed by atoms with Crippen LogP contribution in [0.1, 0.15) is 0 Å². The van der Waals surface area contributed by atoms with Crippen LogP contribution in [0.15, 0.2) is 0 Å². The van der Waals surface area contributed by atoms with Gasteiger partial charge in [0.2, 0.25) is 0 Å². The minimum atomic E-state index is -2.77. The molecule has 0 fully saturated rings. The Balaban J connectivity index is 5.06. The highest BCUT2D eigenvalue weighted by molar-refractivity contribution is 8.64. The third-order valence-electron chi connectivity index (χ3n) is 1.44. The number of nitrogens with two attached hydrogens (primary N) is 1. The summed E-state index contributed by atoms with van der Waals surface area (Å²) < 4.78 is 8.75. The first-order chi connectivity index (χ1) is 5.91. The molecular weight excluding hydrogens is 196 g/mol. The van der Waals surface area contributed by atoms with Crippen molar-refractivity contribution in [2.24, 2.45) is 5.73 Å². The fourth-order valence-corrected chi connectivity index (χ4v) is 1.74. The first-order valence-corrected chi connectivity index (χ1v) is 5.23.